The quantitative estimate of drug-likeness (QED) is 0.665. The van der Waals surface area contributed by atoms with E-state index in [0.717, 1.165) is 24.3 Å². The average molecular weight is 155 g/mol. The fourth-order valence-electron chi connectivity index (χ4n) is 2.27. The highest BCUT2D eigenvalue weighted by atomic mass is 14.6. The molecule has 0 saturated heterocycles. The van der Waals surface area contributed by atoms with Gasteiger partial charge in [-0.25, -0.2) is 0 Å². The Morgan fingerprint density at radius 3 is 2.36 bits per heavy atom. The summed E-state index contributed by atoms with van der Waals surface area (Å²) in [6, 6.07) is 0. The zero-order valence-electron chi connectivity index (χ0n) is 7.84. The molecule has 0 aromatic rings. The first kappa shape index (κ1) is 9.05. The highest BCUT2D eigenvalue weighted by Crippen LogP contribution is 2.34. The van der Waals surface area contributed by atoms with Crippen molar-refractivity contribution in [2.24, 2.45) is 23.5 Å². The molecule has 0 aromatic carbocycles. The zero-order valence-corrected chi connectivity index (χ0v) is 7.84. The first-order valence-electron chi connectivity index (χ1n) is 4.92. The van der Waals surface area contributed by atoms with E-state index < -0.39 is 0 Å². The smallest absolute Gasteiger partial charge is 0.00488 e. The van der Waals surface area contributed by atoms with Crippen molar-refractivity contribution in [1.82, 2.24) is 0 Å². The van der Waals surface area contributed by atoms with Crippen molar-refractivity contribution in [2.45, 2.75) is 39.5 Å². The van der Waals surface area contributed by atoms with E-state index in [4.69, 9.17) is 5.73 Å². The van der Waals surface area contributed by atoms with Gasteiger partial charge in [0, 0.05) is 0 Å². The van der Waals surface area contributed by atoms with Crippen LogP contribution >= 0.6 is 0 Å². The monoisotopic (exact) mass is 155 g/mol. The van der Waals surface area contributed by atoms with Crippen LogP contribution in [0.5, 0.6) is 0 Å². The molecule has 0 aliphatic heterocycles. The van der Waals surface area contributed by atoms with Crippen LogP contribution in [0.4, 0.5) is 0 Å². The second-order valence-corrected chi connectivity index (χ2v) is 4.41. The Hall–Kier alpha value is -0.0400. The molecule has 0 spiro atoms. The Labute approximate surface area is 70.4 Å². The minimum absolute atomic E-state index is 0.846. The third-order valence-corrected chi connectivity index (χ3v) is 2.79. The number of rotatable bonds is 3. The minimum atomic E-state index is 0.846. The number of hydrogen-bond acceptors (Lipinski definition) is 1. The molecule has 1 fully saturated rings. The molecule has 1 rings (SSSR count). The summed E-state index contributed by atoms with van der Waals surface area (Å²) in [5.74, 6) is 2.71. The summed E-state index contributed by atoms with van der Waals surface area (Å²) in [6.45, 7) is 5.54. The third-order valence-electron chi connectivity index (χ3n) is 2.79. The minimum Gasteiger partial charge on any atom is -0.330 e. The molecule has 1 heteroatoms. The maximum Gasteiger partial charge on any atom is -0.00488 e. The van der Waals surface area contributed by atoms with Crippen LogP contribution in [0.1, 0.15) is 39.5 Å². The lowest BCUT2D eigenvalue weighted by atomic mass is 9.95. The van der Waals surface area contributed by atoms with E-state index in [-0.39, 0.29) is 0 Å². The molecule has 1 aliphatic carbocycles. The van der Waals surface area contributed by atoms with Crippen LogP contribution < -0.4 is 5.73 Å². The molecule has 1 saturated carbocycles. The first-order chi connectivity index (χ1) is 5.22. The Morgan fingerprint density at radius 2 is 1.91 bits per heavy atom. The van der Waals surface area contributed by atoms with Crippen molar-refractivity contribution in [3.63, 3.8) is 0 Å². The lowest BCUT2D eigenvalue weighted by molar-refractivity contribution is 0.404. The maximum atomic E-state index is 5.63. The Bertz CT molecular complexity index is 109. The standard InChI is InChI=1S/C10H21N/c1-8(2)5-9-3-4-10(6-9)7-11/h8-10H,3-7,11H2,1-2H3. The molecule has 1 nitrogen and oxygen atoms in total. The summed E-state index contributed by atoms with van der Waals surface area (Å²) in [4.78, 5) is 0. The fraction of sp³-hybridized carbons (Fsp3) is 1.00. The van der Waals surface area contributed by atoms with Gasteiger partial charge in [-0.3, -0.25) is 0 Å². The lowest BCUT2D eigenvalue weighted by Gasteiger charge is -2.12. The predicted octanol–water partition coefficient (Wildman–Crippen LogP) is 2.41. The third kappa shape index (κ3) is 2.82. The maximum absolute atomic E-state index is 5.63. The van der Waals surface area contributed by atoms with E-state index in [2.05, 4.69) is 13.8 Å². The van der Waals surface area contributed by atoms with Crippen molar-refractivity contribution < 1.29 is 0 Å². The topological polar surface area (TPSA) is 26.0 Å². The molecule has 2 N–H and O–H groups in total. The molecule has 0 heterocycles. The van der Waals surface area contributed by atoms with E-state index in [0.29, 0.717) is 0 Å². The van der Waals surface area contributed by atoms with Gasteiger partial charge >= 0.3 is 0 Å². The molecule has 0 aromatic heterocycles. The van der Waals surface area contributed by atoms with Crippen LogP contribution in [0.15, 0.2) is 0 Å². The van der Waals surface area contributed by atoms with Crippen molar-refractivity contribution in [3.05, 3.63) is 0 Å². The van der Waals surface area contributed by atoms with Gasteiger partial charge in [-0.05, 0) is 43.6 Å². The van der Waals surface area contributed by atoms with E-state index >= 15 is 0 Å². The van der Waals surface area contributed by atoms with E-state index in [1.807, 2.05) is 0 Å². The van der Waals surface area contributed by atoms with Crippen molar-refractivity contribution >= 4 is 0 Å². The summed E-state index contributed by atoms with van der Waals surface area (Å²) >= 11 is 0. The first-order valence-corrected chi connectivity index (χ1v) is 4.92. The van der Waals surface area contributed by atoms with Gasteiger partial charge in [0.15, 0.2) is 0 Å². The number of hydrogen-bond donors (Lipinski definition) is 1. The van der Waals surface area contributed by atoms with Gasteiger partial charge < -0.3 is 5.73 Å². The Balaban J connectivity index is 2.19. The zero-order chi connectivity index (χ0) is 8.27. The highest BCUT2D eigenvalue weighted by Gasteiger charge is 2.23. The SMILES string of the molecule is CC(C)CC1CCC(CN)C1. The van der Waals surface area contributed by atoms with Crippen molar-refractivity contribution in [3.8, 4) is 0 Å². The fourth-order valence-corrected chi connectivity index (χ4v) is 2.27. The van der Waals surface area contributed by atoms with Crippen LogP contribution in [0.3, 0.4) is 0 Å². The molecule has 1 aliphatic rings. The van der Waals surface area contributed by atoms with Crippen LogP contribution in [0.25, 0.3) is 0 Å². The van der Waals surface area contributed by atoms with Crippen molar-refractivity contribution in [1.29, 1.82) is 0 Å². The Kier molecular flexibility index (Phi) is 3.38. The van der Waals surface area contributed by atoms with Gasteiger partial charge in [-0.2, -0.15) is 0 Å². The van der Waals surface area contributed by atoms with Gasteiger partial charge in [0.1, 0.15) is 0 Å². The summed E-state index contributed by atoms with van der Waals surface area (Å²) in [5.41, 5.74) is 5.63. The Morgan fingerprint density at radius 1 is 1.27 bits per heavy atom. The summed E-state index contributed by atoms with van der Waals surface area (Å²) in [5, 5.41) is 0. The molecule has 0 bridgehead atoms. The summed E-state index contributed by atoms with van der Waals surface area (Å²) in [6.07, 6.45) is 5.62. The molecule has 0 amide bonds. The molecule has 0 radical (unpaired) electrons. The molecule has 2 unspecified atom stereocenters. The van der Waals surface area contributed by atoms with Gasteiger partial charge in [0.25, 0.3) is 0 Å². The lowest BCUT2D eigenvalue weighted by Crippen LogP contribution is -2.11. The molecule has 66 valence electrons. The van der Waals surface area contributed by atoms with Gasteiger partial charge in [0.05, 0.1) is 0 Å². The van der Waals surface area contributed by atoms with E-state index in [1.54, 1.807) is 0 Å². The molecule has 2 atom stereocenters. The van der Waals surface area contributed by atoms with Crippen LogP contribution in [-0.4, -0.2) is 6.54 Å². The second-order valence-electron chi connectivity index (χ2n) is 4.41. The molecule has 11 heavy (non-hydrogen) atoms. The summed E-state index contributed by atoms with van der Waals surface area (Å²) in [7, 11) is 0. The highest BCUT2D eigenvalue weighted by molar-refractivity contribution is 4.76. The summed E-state index contributed by atoms with van der Waals surface area (Å²) < 4.78 is 0. The van der Waals surface area contributed by atoms with Gasteiger partial charge in [-0.15, -0.1) is 0 Å². The van der Waals surface area contributed by atoms with Gasteiger partial charge in [0.2, 0.25) is 0 Å². The second kappa shape index (κ2) is 4.10. The van der Waals surface area contributed by atoms with Crippen LogP contribution in [-0.2, 0) is 0 Å². The van der Waals surface area contributed by atoms with Crippen LogP contribution in [0, 0.1) is 17.8 Å². The van der Waals surface area contributed by atoms with E-state index in [9.17, 15) is 0 Å². The van der Waals surface area contributed by atoms with Crippen LogP contribution in [0.2, 0.25) is 0 Å². The van der Waals surface area contributed by atoms with Crippen molar-refractivity contribution in [2.75, 3.05) is 6.54 Å². The molecular weight excluding hydrogens is 134 g/mol. The molecular formula is C10H21N. The van der Waals surface area contributed by atoms with Gasteiger partial charge in [-0.1, -0.05) is 20.3 Å². The van der Waals surface area contributed by atoms with E-state index in [1.165, 1.54) is 25.7 Å². The number of nitrogens with two attached hydrogens (primary N) is 1. The predicted molar refractivity (Wildman–Crippen MR) is 49.3 cm³/mol. The average Bonchev–Trinajstić information content (AvgIpc) is 2.34. The normalized spacial score (nSPS) is 31.6. The largest absolute Gasteiger partial charge is 0.330 e.